The lowest BCUT2D eigenvalue weighted by molar-refractivity contribution is -0.123. The van der Waals surface area contributed by atoms with Gasteiger partial charge in [0.1, 0.15) is 5.69 Å². The normalized spacial score (nSPS) is 19.3. The first-order chi connectivity index (χ1) is 13.0. The molecule has 8 heteroatoms. The molecule has 3 rings (SSSR count). The molecule has 2 heterocycles. The molecule has 0 unspecified atom stereocenters. The number of carbonyl (C=O) groups is 2. The lowest BCUT2D eigenvalue weighted by atomic mass is 9.95. The van der Waals surface area contributed by atoms with E-state index in [0.29, 0.717) is 37.4 Å². The first-order valence-electron chi connectivity index (χ1n) is 10.0. The second-order valence-corrected chi connectivity index (χ2v) is 8.67. The van der Waals surface area contributed by atoms with Crippen LogP contribution < -0.4 is 10.6 Å². The highest BCUT2D eigenvalue weighted by atomic mass is 32.1. The summed E-state index contributed by atoms with van der Waals surface area (Å²) in [6.45, 7) is 7.26. The summed E-state index contributed by atoms with van der Waals surface area (Å²) in [6, 6.07) is 0.648. The van der Waals surface area contributed by atoms with E-state index in [1.165, 1.54) is 30.6 Å². The third-order valence-electron chi connectivity index (χ3n) is 5.13. The molecular formula is C19H31N5O2S. The van der Waals surface area contributed by atoms with Crippen LogP contribution in [0.3, 0.4) is 0 Å². The van der Waals surface area contributed by atoms with Crippen LogP contribution in [0.1, 0.15) is 56.4 Å². The molecule has 27 heavy (non-hydrogen) atoms. The van der Waals surface area contributed by atoms with Crippen molar-refractivity contribution in [1.29, 1.82) is 0 Å². The molecule has 0 atom stereocenters. The molecule has 0 aromatic carbocycles. The van der Waals surface area contributed by atoms with Crippen LogP contribution in [-0.4, -0.2) is 71.4 Å². The first kappa shape index (κ1) is 20.1. The van der Waals surface area contributed by atoms with Crippen LogP contribution in [0.2, 0.25) is 0 Å². The van der Waals surface area contributed by atoms with Gasteiger partial charge in [-0.3, -0.25) is 14.5 Å². The topological polar surface area (TPSA) is 77.6 Å². The molecule has 7 nitrogen and oxygen atoms in total. The lowest BCUT2D eigenvalue weighted by Gasteiger charge is -2.34. The Morgan fingerprint density at radius 2 is 1.89 bits per heavy atom. The van der Waals surface area contributed by atoms with E-state index in [2.05, 4.69) is 20.5 Å². The van der Waals surface area contributed by atoms with E-state index >= 15 is 0 Å². The van der Waals surface area contributed by atoms with Gasteiger partial charge < -0.3 is 15.5 Å². The second kappa shape index (κ2) is 9.50. The van der Waals surface area contributed by atoms with Gasteiger partial charge in [0.2, 0.25) is 5.91 Å². The summed E-state index contributed by atoms with van der Waals surface area (Å²) in [5, 5.41) is 9.00. The minimum atomic E-state index is -0.0191. The number of hydrogen-bond acceptors (Lipinski definition) is 6. The van der Waals surface area contributed by atoms with Gasteiger partial charge in [-0.1, -0.05) is 19.3 Å². The zero-order valence-corrected chi connectivity index (χ0v) is 17.2. The highest BCUT2D eigenvalue weighted by Crippen LogP contribution is 2.19. The fraction of sp³-hybridized carbons (Fsp3) is 0.737. The first-order valence-corrected chi connectivity index (χ1v) is 10.9. The van der Waals surface area contributed by atoms with Crippen LogP contribution in [0.5, 0.6) is 0 Å². The zero-order chi connectivity index (χ0) is 19.2. The molecule has 1 aliphatic heterocycles. The number of hydrogen-bond donors (Lipinski definition) is 2. The van der Waals surface area contributed by atoms with E-state index in [1.54, 1.807) is 0 Å². The molecule has 2 fully saturated rings. The Kier molecular flexibility index (Phi) is 7.07. The van der Waals surface area contributed by atoms with Crippen LogP contribution in [0.25, 0.3) is 0 Å². The molecule has 2 amide bonds. The number of amides is 2. The molecule has 1 aromatic rings. The van der Waals surface area contributed by atoms with E-state index in [0.717, 1.165) is 31.1 Å². The van der Waals surface area contributed by atoms with Crippen molar-refractivity contribution >= 4 is 28.3 Å². The number of piperazine rings is 1. The van der Waals surface area contributed by atoms with Gasteiger partial charge in [-0.15, -0.1) is 11.3 Å². The number of aromatic nitrogens is 1. The number of nitrogens with zero attached hydrogens (tertiary/aromatic N) is 3. The van der Waals surface area contributed by atoms with E-state index in [9.17, 15) is 9.59 Å². The Balaban J connectivity index is 1.42. The maximum absolute atomic E-state index is 12.6. The molecule has 150 valence electrons. The molecule has 0 spiro atoms. The zero-order valence-electron chi connectivity index (χ0n) is 16.4. The SMILES string of the molecule is CC(C)Nc1nc(C(=O)N2CCN(CC(=O)NC3CCCCC3)CC2)cs1. The number of nitrogens with one attached hydrogen (secondary N) is 2. The number of carbonyl (C=O) groups excluding carboxylic acids is 2. The maximum atomic E-state index is 12.6. The van der Waals surface area contributed by atoms with E-state index < -0.39 is 0 Å². The second-order valence-electron chi connectivity index (χ2n) is 7.81. The van der Waals surface area contributed by atoms with E-state index in [1.807, 2.05) is 24.1 Å². The highest BCUT2D eigenvalue weighted by molar-refractivity contribution is 7.13. The van der Waals surface area contributed by atoms with Gasteiger partial charge in [0.15, 0.2) is 5.13 Å². The Labute approximate surface area is 165 Å². The van der Waals surface area contributed by atoms with Crippen molar-refractivity contribution in [3.63, 3.8) is 0 Å². The Bertz CT molecular complexity index is 634. The van der Waals surface area contributed by atoms with Gasteiger partial charge in [0, 0.05) is 43.6 Å². The van der Waals surface area contributed by atoms with E-state index in [4.69, 9.17) is 0 Å². The lowest BCUT2D eigenvalue weighted by Crippen LogP contribution is -2.52. The summed E-state index contributed by atoms with van der Waals surface area (Å²) >= 11 is 1.46. The predicted octanol–water partition coefficient (Wildman–Crippen LogP) is 2.17. The number of anilines is 1. The summed E-state index contributed by atoms with van der Waals surface area (Å²) in [6.07, 6.45) is 5.94. The van der Waals surface area contributed by atoms with Crippen LogP contribution >= 0.6 is 11.3 Å². The molecule has 2 aliphatic rings. The third-order valence-corrected chi connectivity index (χ3v) is 5.91. The Hall–Kier alpha value is -1.67. The standard InChI is InChI=1S/C19H31N5O2S/c1-14(2)20-19-22-16(13-27-19)18(26)24-10-8-23(9-11-24)12-17(25)21-15-6-4-3-5-7-15/h13-15H,3-12H2,1-2H3,(H,20,22)(H,21,25). The summed E-state index contributed by atoms with van der Waals surface area (Å²) in [7, 11) is 0. The van der Waals surface area contributed by atoms with Crippen molar-refractivity contribution in [2.75, 3.05) is 38.0 Å². The van der Waals surface area contributed by atoms with Crippen LogP contribution in [0.4, 0.5) is 5.13 Å². The Morgan fingerprint density at radius 3 is 2.56 bits per heavy atom. The van der Waals surface area contributed by atoms with Gasteiger partial charge in [-0.05, 0) is 26.7 Å². The smallest absolute Gasteiger partial charge is 0.273 e. The molecule has 2 N–H and O–H groups in total. The number of thiazole rings is 1. The quantitative estimate of drug-likeness (QED) is 0.775. The third kappa shape index (κ3) is 5.90. The van der Waals surface area contributed by atoms with Crippen molar-refractivity contribution in [1.82, 2.24) is 20.1 Å². The highest BCUT2D eigenvalue weighted by Gasteiger charge is 2.25. The minimum absolute atomic E-state index is 0.0191. The van der Waals surface area contributed by atoms with Gasteiger partial charge >= 0.3 is 0 Å². The van der Waals surface area contributed by atoms with E-state index in [-0.39, 0.29) is 11.8 Å². The molecule has 0 radical (unpaired) electrons. The summed E-state index contributed by atoms with van der Waals surface area (Å²) in [4.78, 5) is 33.3. The average Bonchev–Trinajstić information content (AvgIpc) is 3.10. The molecular weight excluding hydrogens is 362 g/mol. The fourth-order valence-electron chi connectivity index (χ4n) is 3.68. The number of rotatable bonds is 6. The molecule has 0 bridgehead atoms. The molecule has 1 saturated heterocycles. The molecule has 1 aliphatic carbocycles. The summed E-state index contributed by atoms with van der Waals surface area (Å²) < 4.78 is 0. The molecule has 1 saturated carbocycles. The van der Waals surface area contributed by atoms with Crippen LogP contribution in [0, 0.1) is 0 Å². The van der Waals surface area contributed by atoms with Crippen molar-refractivity contribution < 1.29 is 9.59 Å². The monoisotopic (exact) mass is 393 g/mol. The fourth-order valence-corrected chi connectivity index (χ4v) is 4.51. The van der Waals surface area contributed by atoms with Crippen LogP contribution in [0.15, 0.2) is 5.38 Å². The van der Waals surface area contributed by atoms with Crippen molar-refractivity contribution in [2.24, 2.45) is 0 Å². The summed E-state index contributed by atoms with van der Waals surface area (Å²) in [5.74, 6) is 0.0972. The average molecular weight is 394 g/mol. The van der Waals surface area contributed by atoms with Gasteiger partial charge in [-0.25, -0.2) is 4.98 Å². The predicted molar refractivity (Wildman–Crippen MR) is 108 cm³/mol. The van der Waals surface area contributed by atoms with Crippen molar-refractivity contribution in [3.8, 4) is 0 Å². The maximum Gasteiger partial charge on any atom is 0.273 e. The largest absolute Gasteiger partial charge is 0.359 e. The van der Waals surface area contributed by atoms with Crippen molar-refractivity contribution in [2.45, 2.75) is 58.0 Å². The van der Waals surface area contributed by atoms with Gasteiger partial charge in [0.05, 0.1) is 6.54 Å². The van der Waals surface area contributed by atoms with Gasteiger partial charge in [0.25, 0.3) is 5.91 Å². The van der Waals surface area contributed by atoms with Crippen LogP contribution in [-0.2, 0) is 4.79 Å². The summed E-state index contributed by atoms with van der Waals surface area (Å²) in [5.41, 5.74) is 0.506. The van der Waals surface area contributed by atoms with Gasteiger partial charge in [-0.2, -0.15) is 0 Å². The van der Waals surface area contributed by atoms with Crippen molar-refractivity contribution in [3.05, 3.63) is 11.1 Å². The minimum Gasteiger partial charge on any atom is -0.359 e. The Morgan fingerprint density at radius 1 is 1.19 bits per heavy atom. The molecule has 1 aromatic heterocycles.